The van der Waals surface area contributed by atoms with Gasteiger partial charge in [0.15, 0.2) is 0 Å². The minimum absolute atomic E-state index is 0.0387. The molecule has 1 atom stereocenters. The lowest BCUT2D eigenvalue weighted by molar-refractivity contribution is -0.159. The van der Waals surface area contributed by atoms with Gasteiger partial charge >= 0.3 is 11.9 Å². The molecule has 0 spiro atoms. The van der Waals surface area contributed by atoms with E-state index < -0.39 is 17.4 Å². The lowest BCUT2D eigenvalue weighted by Crippen LogP contribution is -2.37. The molecule has 0 aromatic rings. The molecule has 15 heavy (non-hydrogen) atoms. The third-order valence-corrected chi connectivity index (χ3v) is 2.32. The summed E-state index contributed by atoms with van der Waals surface area (Å²) in [6.07, 6.45) is -0.497. The standard InChI is InChI=1S/C9H13NO5/c1-2-15-8(14)9(4-7(12)13)3-6(11)10-5-9/h2-5H2,1H3,(H,10,11)(H,12,13). The highest BCUT2D eigenvalue weighted by molar-refractivity contribution is 5.92. The van der Waals surface area contributed by atoms with Gasteiger partial charge in [-0.05, 0) is 6.92 Å². The second kappa shape index (κ2) is 4.29. The number of carboxylic acid groups (broad SMARTS) is 1. The molecule has 0 aliphatic carbocycles. The maximum atomic E-state index is 11.6. The van der Waals surface area contributed by atoms with Crippen LogP contribution in [0.2, 0.25) is 0 Å². The van der Waals surface area contributed by atoms with Crippen molar-refractivity contribution in [2.45, 2.75) is 19.8 Å². The molecule has 1 heterocycles. The molecule has 1 saturated heterocycles. The van der Waals surface area contributed by atoms with Crippen LogP contribution in [0.5, 0.6) is 0 Å². The number of amides is 1. The third kappa shape index (κ3) is 2.45. The molecule has 1 aliphatic rings. The first-order chi connectivity index (χ1) is 7.00. The molecule has 1 unspecified atom stereocenters. The summed E-state index contributed by atoms with van der Waals surface area (Å²) in [5.41, 5.74) is -1.22. The van der Waals surface area contributed by atoms with Crippen molar-refractivity contribution in [3.63, 3.8) is 0 Å². The number of carbonyl (C=O) groups is 3. The van der Waals surface area contributed by atoms with E-state index in [1.165, 1.54) is 0 Å². The van der Waals surface area contributed by atoms with Gasteiger partial charge in [-0.25, -0.2) is 0 Å². The van der Waals surface area contributed by atoms with Crippen molar-refractivity contribution < 1.29 is 24.2 Å². The van der Waals surface area contributed by atoms with Gasteiger partial charge in [0.05, 0.1) is 13.0 Å². The van der Waals surface area contributed by atoms with Gasteiger partial charge in [-0.1, -0.05) is 0 Å². The maximum absolute atomic E-state index is 11.6. The van der Waals surface area contributed by atoms with Gasteiger partial charge in [-0.3, -0.25) is 14.4 Å². The van der Waals surface area contributed by atoms with E-state index in [-0.39, 0.29) is 31.9 Å². The van der Waals surface area contributed by atoms with Crippen molar-refractivity contribution in [2.24, 2.45) is 5.41 Å². The Morgan fingerprint density at radius 2 is 2.27 bits per heavy atom. The first kappa shape index (κ1) is 11.5. The van der Waals surface area contributed by atoms with Crippen LogP contribution in [-0.4, -0.2) is 36.1 Å². The van der Waals surface area contributed by atoms with E-state index in [2.05, 4.69) is 5.32 Å². The topological polar surface area (TPSA) is 92.7 Å². The predicted octanol–water partition coefficient (Wildman–Crippen LogP) is -0.470. The van der Waals surface area contributed by atoms with Gasteiger partial charge in [-0.15, -0.1) is 0 Å². The zero-order valence-corrected chi connectivity index (χ0v) is 8.41. The van der Waals surface area contributed by atoms with E-state index >= 15 is 0 Å². The molecular weight excluding hydrogens is 202 g/mol. The Bertz CT molecular complexity index is 301. The van der Waals surface area contributed by atoms with Crippen LogP contribution >= 0.6 is 0 Å². The lowest BCUT2D eigenvalue weighted by Gasteiger charge is -2.22. The second-order valence-electron chi connectivity index (χ2n) is 3.52. The predicted molar refractivity (Wildman–Crippen MR) is 48.9 cm³/mol. The van der Waals surface area contributed by atoms with E-state index in [9.17, 15) is 14.4 Å². The van der Waals surface area contributed by atoms with E-state index in [0.29, 0.717) is 0 Å². The molecule has 6 heteroatoms. The number of ether oxygens (including phenoxy) is 1. The summed E-state index contributed by atoms with van der Waals surface area (Å²) >= 11 is 0. The van der Waals surface area contributed by atoms with Crippen LogP contribution in [0.3, 0.4) is 0 Å². The fourth-order valence-corrected chi connectivity index (χ4v) is 1.62. The Labute approximate surface area is 86.6 Å². The van der Waals surface area contributed by atoms with Crippen molar-refractivity contribution >= 4 is 17.8 Å². The molecule has 6 nitrogen and oxygen atoms in total. The second-order valence-corrected chi connectivity index (χ2v) is 3.52. The molecular formula is C9H13NO5. The van der Waals surface area contributed by atoms with Gasteiger partial charge in [0, 0.05) is 13.0 Å². The van der Waals surface area contributed by atoms with E-state index in [1.807, 2.05) is 0 Å². The number of carbonyl (C=O) groups excluding carboxylic acids is 2. The molecule has 1 amide bonds. The normalized spacial score (nSPS) is 24.7. The Kier molecular flexibility index (Phi) is 3.28. The molecule has 1 fully saturated rings. The third-order valence-electron chi connectivity index (χ3n) is 2.32. The molecule has 1 aliphatic heterocycles. The zero-order valence-electron chi connectivity index (χ0n) is 8.41. The number of rotatable bonds is 4. The molecule has 0 bridgehead atoms. The minimum atomic E-state index is -1.22. The van der Waals surface area contributed by atoms with Crippen LogP contribution < -0.4 is 5.32 Å². The van der Waals surface area contributed by atoms with Crippen molar-refractivity contribution in [3.05, 3.63) is 0 Å². The fourth-order valence-electron chi connectivity index (χ4n) is 1.62. The largest absolute Gasteiger partial charge is 0.481 e. The molecule has 0 aromatic heterocycles. The summed E-state index contributed by atoms with van der Waals surface area (Å²) in [5.74, 6) is -2.05. The highest BCUT2D eigenvalue weighted by atomic mass is 16.5. The highest BCUT2D eigenvalue weighted by Crippen LogP contribution is 2.31. The summed E-state index contributed by atoms with van der Waals surface area (Å²) in [6.45, 7) is 1.85. The molecule has 0 radical (unpaired) electrons. The van der Waals surface area contributed by atoms with E-state index in [0.717, 1.165) is 0 Å². The first-order valence-corrected chi connectivity index (χ1v) is 4.66. The zero-order chi connectivity index (χ0) is 11.5. The summed E-state index contributed by atoms with van der Waals surface area (Å²) in [6, 6.07) is 0. The molecule has 2 N–H and O–H groups in total. The Morgan fingerprint density at radius 3 is 2.67 bits per heavy atom. The monoisotopic (exact) mass is 215 g/mol. The number of hydrogen-bond donors (Lipinski definition) is 2. The Balaban J connectivity index is 2.81. The van der Waals surface area contributed by atoms with Crippen LogP contribution in [-0.2, 0) is 19.1 Å². The lowest BCUT2D eigenvalue weighted by atomic mass is 9.83. The number of esters is 1. The number of hydrogen-bond acceptors (Lipinski definition) is 4. The van der Waals surface area contributed by atoms with Gasteiger partial charge in [0.2, 0.25) is 5.91 Å². The number of nitrogens with one attached hydrogen (secondary N) is 1. The molecule has 0 aromatic carbocycles. The van der Waals surface area contributed by atoms with E-state index in [4.69, 9.17) is 9.84 Å². The highest BCUT2D eigenvalue weighted by Gasteiger charge is 2.48. The van der Waals surface area contributed by atoms with Crippen LogP contribution in [0.4, 0.5) is 0 Å². The van der Waals surface area contributed by atoms with Gasteiger partial charge in [-0.2, -0.15) is 0 Å². The molecule has 1 rings (SSSR count). The van der Waals surface area contributed by atoms with Gasteiger partial charge in [0.1, 0.15) is 5.41 Å². The summed E-state index contributed by atoms with van der Waals surface area (Å²) < 4.78 is 4.78. The average Bonchev–Trinajstić information content (AvgIpc) is 2.48. The SMILES string of the molecule is CCOC(=O)C1(CC(=O)O)CNC(=O)C1. The van der Waals surface area contributed by atoms with Crippen LogP contribution in [0, 0.1) is 5.41 Å². The van der Waals surface area contributed by atoms with Crippen molar-refractivity contribution in [3.8, 4) is 0 Å². The minimum Gasteiger partial charge on any atom is -0.481 e. The molecule has 84 valence electrons. The Morgan fingerprint density at radius 1 is 1.60 bits per heavy atom. The summed E-state index contributed by atoms with van der Waals surface area (Å²) in [4.78, 5) is 33.2. The quantitative estimate of drug-likeness (QED) is 0.618. The Hall–Kier alpha value is -1.59. The van der Waals surface area contributed by atoms with Gasteiger partial charge < -0.3 is 15.2 Å². The van der Waals surface area contributed by atoms with Crippen LogP contribution in [0.25, 0.3) is 0 Å². The molecule has 0 saturated carbocycles. The van der Waals surface area contributed by atoms with Gasteiger partial charge in [0.25, 0.3) is 0 Å². The number of aliphatic carboxylic acids is 1. The van der Waals surface area contributed by atoms with Crippen molar-refractivity contribution in [1.29, 1.82) is 0 Å². The van der Waals surface area contributed by atoms with Crippen LogP contribution in [0.15, 0.2) is 0 Å². The summed E-state index contributed by atoms with van der Waals surface area (Å²) in [5, 5.41) is 11.1. The van der Waals surface area contributed by atoms with Crippen molar-refractivity contribution in [1.82, 2.24) is 5.32 Å². The average molecular weight is 215 g/mol. The number of carboxylic acids is 1. The van der Waals surface area contributed by atoms with Crippen LogP contribution in [0.1, 0.15) is 19.8 Å². The van der Waals surface area contributed by atoms with E-state index in [1.54, 1.807) is 6.92 Å². The summed E-state index contributed by atoms with van der Waals surface area (Å²) in [7, 11) is 0. The fraction of sp³-hybridized carbons (Fsp3) is 0.667. The smallest absolute Gasteiger partial charge is 0.314 e. The first-order valence-electron chi connectivity index (χ1n) is 4.66. The maximum Gasteiger partial charge on any atom is 0.314 e. The van der Waals surface area contributed by atoms with Crippen molar-refractivity contribution in [2.75, 3.05) is 13.2 Å².